The Balaban J connectivity index is 1.87. The van der Waals surface area contributed by atoms with E-state index in [0.717, 1.165) is 30.4 Å². The second-order valence-electron chi connectivity index (χ2n) is 6.24. The molecule has 4 aliphatic carbocycles. The van der Waals surface area contributed by atoms with Crippen LogP contribution in [0.2, 0.25) is 0 Å². The summed E-state index contributed by atoms with van der Waals surface area (Å²) in [5.41, 5.74) is 5.91. The van der Waals surface area contributed by atoms with Crippen LogP contribution in [0.3, 0.4) is 0 Å². The van der Waals surface area contributed by atoms with Crippen molar-refractivity contribution >= 4 is 11.9 Å². The summed E-state index contributed by atoms with van der Waals surface area (Å²) in [5.74, 6) is 0.255. The molecule has 4 heteroatoms. The highest BCUT2D eigenvalue weighted by molar-refractivity contribution is 6.08. The standard InChI is InChI=1S/C16H14O4/c17-15-13-10-5-9(10)11-7-1-3-8(4-2-7)12(11)14(13)16(18)20-6-19-15/h7-8H,1-6H2. The van der Waals surface area contributed by atoms with E-state index in [2.05, 4.69) is 0 Å². The van der Waals surface area contributed by atoms with Gasteiger partial charge in [0, 0.05) is 0 Å². The molecular formula is C16H14O4. The van der Waals surface area contributed by atoms with Gasteiger partial charge in [0.1, 0.15) is 0 Å². The summed E-state index contributed by atoms with van der Waals surface area (Å²) in [6, 6.07) is 0. The zero-order chi connectivity index (χ0) is 13.4. The SMILES string of the molecule is O=C1OCOC(=O)c2c1c1c(c3c2C2CCC3CC2)C1. The van der Waals surface area contributed by atoms with Crippen LogP contribution < -0.4 is 0 Å². The van der Waals surface area contributed by atoms with Crippen LogP contribution in [0.4, 0.5) is 0 Å². The Morgan fingerprint density at radius 2 is 1.35 bits per heavy atom. The van der Waals surface area contributed by atoms with Crippen molar-refractivity contribution in [2.75, 3.05) is 6.79 Å². The first-order valence-corrected chi connectivity index (χ1v) is 7.31. The number of ether oxygens (including phenoxy) is 2. The molecule has 0 aromatic heterocycles. The van der Waals surface area contributed by atoms with Crippen molar-refractivity contribution in [3.63, 3.8) is 0 Å². The summed E-state index contributed by atoms with van der Waals surface area (Å²) in [4.78, 5) is 24.5. The first kappa shape index (κ1) is 10.9. The van der Waals surface area contributed by atoms with Gasteiger partial charge in [0.25, 0.3) is 0 Å². The van der Waals surface area contributed by atoms with Gasteiger partial charge in [-0.25, -0.2) is 9.59 Å². The molecule has 0 spiro atoms. The average molecular weight is 270 g/mol. The fourth-order valence-electron chi connectivity index (χ4n) is 4.49. The van der Waals surface area contributed by atoms with E-state index < -0.39 is 0 Å². The quantitative estimate of drug-likeness (QED) is 0.690. The molecule has 4 nitrogen and oxygen atoms in total. The van der Waals surface area contributed by atoms with Gasteiger partial charge in [0.15, 0.2) is 0 Å². The van der Waals surface area contributed by atoms with Crippen LogP contribution in [0.5, 0.6) is 0 Å². The highest BCUT2D eigenvalue weighted by Crippen LogP contribution is 2.56. The van der Waals surface area contributed by atoms with Crippen LogP contribution in [0.1, 0.15) is 80.5 Å². The Bertz CT molecular complexity index is 680. The van der Waals surface area contributed by atoms with Crippen molar-refractivity contribution in [2.45, 2.75) is 43.9 Å². The summed E-state index contributed by atoms with van der Waals surface area (Å²) in [7, 11) is 0. The molecule has 1 saturated carbocycles. The van der Waals surface area contributed by atoms with Crippen LogP contribution in [-0.4, -0.2) is 18.7 Å². The molecule has 0 radical (unpaired) electrons. The van der Waals surface area contributed by atoms with Gasteiger partial charge >= 0.3 is 11.9 Å². The Kier molecular flexibility index (Phi) is 1.87. The molecule has 0 unspecified atom stereocenters. The largest absolute Gasteiger partial charge is 0.424 e. The second-order valence-corrected chi connectivity index (χ2v) is 6.24. The minimum atomic E-state index is -0.385. The molecule has 1 aromatic rings. The van der Waals surface area contributed by atoms with Crippen LogP contribution in [0.25, 0.3) is 0 Å². The van der Waals surface area contributed by atoms with E-state index in [1.165, 1.54) is 24.0 Å². The zero-order valence-corrected chi connectivity index (χ0v) is 11.0. The van der Waals surface area contributed by atoms with Crippen LogP contribution in [-0.2, 0) is 15.9 Å². The Labute approximate surface area is 116 Å². The van der Waals surface area contributed by atoms with Gasteiger partial charge < -0.3 is 9.47 Å². The molecule has 102 valence electrons. The number of rotatable bonds is 0. The van der Waals surface area contributed by atoms with Crippen molar-refractivity contribution in [1.82, 2.24) is 0 Å². The summed E-state index contributed by atoms with van der Waals surface area (Å²) in [6.45, 7) is -0.260. The lowest BCUT2D eigenvalue weighted by molar-refractivity contribution is -0.0125. The third-order valence-corrected chi connectivity index (χ3v) is 5.36. The lowest BCUT2D eigenvalue weighted by Gasteiger charge is -2.39. The summed E-state index contributed by atoms with van der Waals surface area (Å²) in [6.07, 6.45) is 5.56. The van der Waals surface area contributed by atoms with Crippen LogP contribution in [0.15, 0.2) is 0 Å². The third kappa shape index (κ3) is 1.18. The maximum Gasteiger partial charge on any atom is 0.342 e. The van der Waals surface area contributed by atoms with Gasteiger partial charge in [-0.05, 0) is 66.2 Å². The van der Waals surface area contributed by atoms with Crippen LogP contribution in [0, 0.1) is 0 Å². The number of hydrogen-bond acceptors (Lipinski definition) is 4. The number of cyclic esters (lactones) is 2. The Hall–Kier alpha value is -1.84. The van der Waals surface area contributed by atoms with Crippen molar-refractivity contribution in [2.24, 2.45) is 0 Å². The highest BCUT2D eigenvalue weighted by atomic mass is 16.7. The average Bonchev–Trinajstić information content (AvgIpc) is 3.26. The summed E-state index contributed by atoms with van der Waals surface area (Å²) in [5, 5.41) is 0. The van der Waals surface area contributed by atoms with Crippen LogP contribution >= 0.6 is 0 Å². The maximum absolute atomic E-state index is 12.3. The zero-order valence-electron chi connectivity index (χ0n) is 11.0. The molecule has 1 aromatic carbocycles. The van der Waals surface area contributed by atoms with E-state index in [-0.39, 0.29) is 18.7 Å². The predicted octanol–water partition coefficient (Wildman–Crippen LogP) is 2.63. The van der Waals surface area contributed by atoms with E-state index in [1.807, 2.05) is 0 Å². The van der Waals surface area contributed by atoms with Gasteiger partial charge in [-0.1, -0.05) is 0 Å². The molecule has 6 rings (SSSR count). The maximum atomic E-state index is 12.3. The molecule has 1 aliphatic heterocycles. The number of benzene rings is 1. The van der Waals surface area contributed by atoms with E-state index in [0.29, 0.717) is 23.0 Å². The first-order chi connectivity index (χ1) is 9.75. The molecule has 0 saturated heterocycles. The Morgan fingerprint density at radius 3 is 2.05 bits per heavy atom. The molecular weight excluding hydrogens is 256 g/mol. The van der Waals surface area contributed by atoms with Gasteiger partial charge in [0.2, 0.25) is 6.79 Å². The normalized spacial score (nSPS) is 28.8. The number of carbonyl (C=O) groups is 2. The van der Waals surface area contributed by atoms with E-state index in [9.17, 15) is 9.59 Å². The summed E-state index contributed by atoms with van der Waals surface area (Å²) < 4.78 is 10.1. The fraction of sp³-hybridized carbons (Fsp3) is 0.500. The van der Waals surface area contributed by atoms with Crippen molar-refractivity contribution in [3.05, 3.63) is 33.4 Å². The molecule has 5 aliphatic rings. The number of hydrogen-bond donors (Lipinski definition) is 0. The summed E-state index contributed by atoms with van der Waals surface area (Å²) >= 11 is 0. The van der Waals surface area contributed by atoms with Crippen molar-refractivity contribution < 1.29 is 19.1 Å². The molecule has 20 heavy (non-hydrogen) atoms. The fourth-order valence-corrected chi connectivity index (χ4v) is 4.49. The molecule has 2 bridgehead atoms. The number of fused-ring (bicyclic) bond motifs is 5. The lowest BCUT2D eigenvalue weighted by Crippen LogP contribution is -2.26. The minimum absolute atomic E-state index is 0.260. The smallest absolute Gasteiger partial charge is 0.342 e. The predicted molar refractivity (Wildman–Crippen MR) is 68.9 cm³/mol. The van der Waals surface area contributed by atoms with E-state index >= 15 is 0 Å². The molecule has 1 heterocycles. The monoisotopic (exact) mass is 270 g/mol. The molecule has 0 amide bonds. The minimum Gasteiger partial charge on any atom is -0.424 e. The van der Waals surface area contributed by atoms with Gasteiger partial charge in [-0.3, -0.25) is 0 Å². The molecule has 0 N–H and O–H groups in total. The van der Waals surface area contributed by atoms with Crippen molar-refractivity contribution in [1.29, 1.82) is 0 Å². The first-order valence-electron chi connectivity index (χ1n) is 7.31. The lowest BCUT2D eigenvalue weighted by atomic mass is 9.65. The number of esters is 2. The highest BCUT2D eigenvalue weighted by Gasteiger charge is 2.46. The molecule has 1 fully saturated rings. The van der Waals surface area contributed by atoms with Gasteiger partial charge in [0.05, 0.1) is 11.1 Å². The van der Waals surface area contributed by atoms with Gasteiger partial charge in [-0.2, -0.15) is 0 Å². The van der Waals surface area contributed by atoms with Crippen molar-refractivity contribution in [3.8, 4) is 0 Å². The topological polar surface area (TPSA) is 52.6 Å². The Morgan fingerprint density at radius 1 is 0.750 bits per heavy atom. The second kappa shape index (κ2) is 3.43. The van der Waals surface area contributed by atoms with Gasteiger partial charge in [-0.15, -0.1) is 0 Å². The van der Waals surface area contributed by atoms with E-state index in [1.54, 1.807) is 0 Å². The third-order valence-electron chi connectivity index (χ3n) is 5.36. The molecule has 0 atom stereocenters. The number of carbonyl (C=O) groups excluding carboxylic acids is 2. The van der Waals surface area contributed by atoms with E-state index in [4.69, 9.17) is 9.47 Å².